The molecule has 35 heavy (non-hydrogen) atoms. The first-order valence-electron chi connectivity index (χ1n) is 12.5. The van der Waals surface area contributed by atoms with Crippen molar-refractivity contribution in [3.05, 3.63) is 131 Å². The van der Waals surface area contributed by atoms with Crippen LogP contribution in [0.3, 0.4) is 0 Å². The molecule has 0 saturated heterocycles. The maximum absolute atomic E-state index is 6.17. The summed E-state index contributed by atoms with van der Waals surface area (Å²) >= 11 is 0. The summed E-state index contributed by atoms with van der Waals surface area (Å²) in [5.74, 6) is 2.20. The third-order valence-corrected chi connectivity index (χ3v) is 6.64. The van der Waals surface area contributed by atoms with E-state index >= 15 is 0 Å². The fourth-order valence-electron chi connectivity index (χ4n) is 4.90. The van der Waals surface area contributed by atoms with Gasteiger partial charge in [0.15, 0.2) is 0 Å². The predicted molar refractivity (Wildman–Crippen MR) is 144 cm³/mol. The Morgan fingerprint density at radius 3 is 1.94 bits per heavy atom. The number of unbranched alkanes of at least 4 members (excludes halogenated alkanes) is 1. The van der Waals surface area contributed by atoms with E-state index in [1.165, 1.54) is 27.8 Å². The van der Waals surface area contributed by atoms with Crippen LogP contribution in [0.15, 0.2) is 103 Å². The van der Waals surface area contributed by atoms with Crippen LogP contribution < -0.4 is 4.74 Å². The molecule has 1 aromatic heterocycles. The SMILES string of the molecule is Cc1cccc(C)c1OCCCCn1c(C(c2ccccc2)c2ccccc2)nc2ccccc21. The molecule has 0 saturated carbocycles. The highest BCUT2D eigenvalue weighted by molar-refractivity contribution is 5.76. The fourth-order valence-corrected chi connectivity index (χ4v) is 4.90. The molecular formula is C32H32N2O. The Labute approximate surface area is 208 Å². The Kier molecular flexibility index (Phi) is 6.94. The van der Waals surface area contributed by atoms with Crippen LogP contribution in [0.4, 0.5) is 0 Å². The molecule has 0 radical (unpaired) electrons. The molecule has 0 spiro atoms. The fraction of sp³-hybridized carbons (Fsp3) is 0.219. The normalized spacial score (nSPS) is 11.3. The van der Waals surface area contributed by atoms with Crippen molar-refractivity contribution in [3.63, 3.8) is 0 Å². The van der Waals surface area contributed by atoms with Crippen molar-refractivity contribution in [1.29, 1.82) is 0 Å². The van der Waals surface area contributed by atoms with Crippen LogP contribution in [0.5, 0.6) is 5.75 Å². The van der Waals surface area contributed by atoms with Crippen LogP contribution in [0.1, 0.15) is 46.8 Å². The van der Waals surface area contributed by atoms with Crippen molar-refractivity contribution in [2.24, 2.45) is 0 Å². The lowest BCUT2D eigenvalue weighted by Gasteiger charge is -2.20. The van der Waals surface area contributed by atoms with Gasteiger partial charge < -0.3 is 9.30 Å². The van der Waals surface area contributed by atoms with Crippen molar-refractivity contribution >= 4 is 11.0 Å². The van der Waals surface area contributed by atoms with Gasteiger partial charge in [0.05, 0.1) is 23.6 Å². The molecule has 0 aliphatic rings. The van der Waals surface area contributed by atoms with E-state index in [9.17, 15) is 0 Å². The minimum absolute atomic E-state index is 0.0793. The molecule has 0 atom stereocenters. The van der Waals surface area contributed by atoms with Crippen LogP contribution in [-0.2, 0) is 6.54 Å². The molecule has 0 aliphatic heterocycles. The first kappa shape index (κ1) is 22.9. The van der Waals surface area contributed by atoms with Crippen LogP contribution >= 0.6 is 0 Å². The van der Waals surface area contributed by atoms with Crippen molar-refractivity contribution in [2.45, 2.75) is 39.2 Å². The van der Waals surface area contributed by atoms with E-state index in [2.05, 4.69) is 122 Å². The molecule has 5 rings (SSSR count). The second-order valence-electron chi connectivity index (χ2n) is 9.14. The quantitative estimate of drug-likeness (QED) is 0.211. The van der Waals surface area contributed by atoms with Gasteiger partial charge in [-0.15, -0.1) is 0 Å². The summed E-state index contributed by atoms with van der Waals surface area (Å²) in [5.41, 5.74) is 7.14. The maximum atomic E-state index is 6.17. The molecule has 176 valence electrons. The molecule has 0 fully saturated rings. The molecular weight excluding hydrogens is 428 g/mol. The molecule has 4 aromatic carbocycles. The summed E-state index contributed by atoms with van der Waals surface area (Å²) in [6.07, 6.45) is 2.01. The standard InChI is InChI=1S/C32H32N2O/c1-24-14-13-15-25(2)31(24)35-23-12-11-22-34-29-21-10-9-20-28(29)33-32(34)30(26-16-5-3-6-17-26)27-18-7-4-8-19-27/h3-10,13-21,30H,11-12,22-23H2,1-2H3. The van der Waals surface area contributed by atoms with Crippen LogP contribution in [0, 0.1) is 13.8 Å². The zero-order valence-electron chi connectivity index (χ0n) is 20.5. The molecule has 5 aromatic rings. The van der Waals surface area contributed by atoms with Crippen molar-refractivity contribution < 1.29 is 4.74 Å². The number of hydrogen-bond donors (Lipinski definition) is 0. The molecule has 0 bridgehead atoms. The van der Waals surface area contributed by atoms with Gasteiger partial charge in [-0.1, -0.05) is 91.0 Å². The third kappa shape index (κ3) is 5.00. The molecule has 0 unspecified atom stereocenters. The predicted octanol–water partition coefficient (Wildman–Crippen LogP) is 7.69. The van der Waals surface area contributed by atoms with Gasteiger partial charge in [-0.3, -0.25) is 0 Å². The molecule has 0 amide bonds. The van der Waals surface area contributed by atoms with Crippen molar-refractivity contribution in [2.75, 3.05) is 6.61 Å². The Morgan fingerprint density at radius 2 is 1.29 bits per heavy atom. The van der Waals surface area contributed by atoms with Crippen LogP contribution in [0.2, 0.25) is 0 Å². The first-order chi connectivity index (χ1) is 17.2. The highest BCUT2D eigenvalue weighted by Crippen LogP contribution is 2.33. The minimum Gasteiger partial charge on any atom is -0.493 e. The number of rotatable bonds is 9. The number of benzene rings is 4. The van der Waals surface area contributed by atoms with Gasteiger partial charge in [-0.2, -0.15) is 0 Å². The Balaban J connectivity index is 1.42. The van der Waals surface area contributed by atoms with E-state index in [0.29, 0.717) is 6.61 Å². The number of aryl methyl sites for hydroxylation is 3. The summed E-state index contributed by atoms with van der Waals surface area (Å²) in [4.78, 5) is 5.17. The number of aromatic nitrogens is 2. The second kappa shape index (κ2) is 10.6. The smallest absolute Gasteiger partial charge is 0.125 e. The number of nitrogens with zero attached hydrogens (tertiary/aromatic N) is 2. The Bertz CT molecular complexity index is 1330. The van der Waals surface area contributed by atoms with Gasteiger partial charge in [0.25, 0.3) is 0 Å². The molecule has 3 nitrogen and oxygen atoms in total. The van der Waals surface area contributed by atoms with Gasteiger partial charge in [0.1, 0.15) is 11.6 Å². The van der Waals surface area contributed by atoms with E-state index in [1.54, 1.807) is 0 Å². The van der Waals surface area contributed by atoms with E-state index in [0.717, 1.165) is 36.5 Å². The molecule has 0 N–H and O–H groups in total. The number of imidazole rings is 1. The highest BCUT2D eigenvalue weighted by atomic mass is 16.5. The van der Waals surface area contributed by atoms with E-state index in [-0.39, 0.29) is 5.92 Å². The van der Waals surface area contributed by atoms with Crippen LogP contribution in [-0.4, -0.2) is 16.2 Å². The minimum atomic E-state index is 0.0793. The molecule has 3 heteroatoms. The highest BCUT2D eigenvalue weighted by Gasteiger charge is 2.23. The lowest BCUT2D eigenvalue weighted by molar-refractivity contribution is 0.299. The average molecular weight is 461 g/mol. The lowest BCUT2D eigenvalue weighted by atomic mass is 9.90. The average Bonchev–Trinajstić information content (AvgIpc) is 3.25. The van der Waals surface area contributed by atoms with Gasteiger partial charge in [-0.25, -0.2) is 4.98 Å². The lowest BCUT2D eigenvalue weighted by Crippen LogP contribution is -2.13. The van der Waals surface area contributed by atoms with Gasteiger partial charge in [0, 0.05) is 6.54 Å². The number of fused-ring (bicyclic) bond motifs is 1. The monoisotopic (exact) mass is 460 g/mol. The topological polar surface area (TPSA) is 27.1 Å². The largest absolute Gasteiger partial charge is 0.493 e. The second-order valence-corrected chi connectivity index (χ2v) is 9.14. The van der Waals surface area contributed by atoms with E-state index < -0.39 is 0 Å². The zero-order chi connectivity index (χ0) is 24.0. The summed E-state index contributed by atoms with van der Waals surface area (Å²) < 4.78 is 8.58. The van der Waals surface area contributed by atoms with E-state index in [1.807, 2.05) is 0 Å². The summed E-state index contributed by atoms with van der Waals surface area (Å²) in [7, 11) is 0. The van der Waals surface area contributed by atoms with Crippen LogP contribution in [0.25, 0.3) is 11.0 Å². The number of para-hydroxylation sites is 3. The Morgan fingerprint density at radius 1 is 0.686 bits per heavy atom. The molecule has 1 heterocycles. The van der Waals surface area contributed by atoms with Crippen molar-refractivity contribution in [3.8, 4) is 5.75 Å². The molecule has 0 aliphatic carbocycles. The number of ether oxygens (including phenoxy) is 1. The van der Waals surface area contributed by atoms with Gasteiger partial charge in [-0.05, 0) is 61.1 Å². The number of hydrogen-bond acceptors (Lipinski definition) is 2. The summed E-state index contributed by atoms with van der Waals surface area (Å²) in [6.45, 7) is 5.84. The first-order valence-corrected chi connectivity index (χ1v) is 12.5. The summed E-state index contributed by atoms with van der Waals surface area (Å²) in [6, 6.07) is 36.2. The zero-order valence-corrected chi connectivity index (χ0v) is 20.5. The van der Waals surface area contributed by atoms with Gasteiger partial charge in [0.2, 0.25) is 0 Å². The third-order valence-electron chi connectivity index (χ3n) is 6.64. The van der Waals surface area contributed by atoms with Gasteiger partial charge >= 0.3 is 0 Å². The van der Waals surface area contributed by atoms with E-state index in [4.69, 9.17) is 9.72 Å². The maximum Gasteiger partial charge on any atom is 0.125 e. The summed E-state index contributed by atoms with van der Waals surface area (Å²) in [5, 5.41) is 0. The Hall–Kier alpha value is -3.85. The van der Waals surface area contributed by atoms with Crippen molar-refractivity contribution in [1.82, 2.24) is 9.55 Å².